The first-order valence-electron chi connectivity index (χ1n) is 11.7. The quantitative estimate of drug-likeness (QED) is 0.479. The van der Waals surface area contributed by atoms with Gasteiger partial charge in [-0.25, -0.2) is 4.98 Å². The van der Waals surface area contributed by atoms with Crippen LogP contribution in [-0.2, 0) is 17.6 Å². The number of nitrogens with zero attached hydrogens (tertiary/aromatic N) is 2. The van der Waals surface area contributed by atoms with Crippen LogP contribution in [0.25, 0.3) is 0 Å². The maximum atomic E-state index is 12.7. The standard InChI is InChI=1S/C22H31F6N3O2S/c1-14(22(26,27)28)33-20-30-17-8-12-31(13-9-18(17)34-20)11-7-15-2-4-16(5-3-15)29-19(32)6-10-21(23,24)25/h14-16H,2-13H2,1H3,(H,29,32)/t14?,15-,16-. The van der Waals surface area contributed by atoms with Crippen LogP contribution in [0, 0.1) is 5.92 Å². The fourth-order valence-electron chi connectivity index (χ4n) is 4.39. The van der Waals surface area contributed by atoms with Gasteiger partial charge in [-0.3, -0.25) is 4.79 Å². The number of thiazole rings is 1. The Balaban J connectivity index is 1.35. The van der Waals surface area contributed by atoms with E-state index in [9.17, 15) is 31.1 Å². The summed E-state index contributed by atoms with van der Waals surface area (Å²) in [4.78, 5) is 19.3. The van der Waals surface area contributed by atoms with Crippen LogP contribution in [0.15, 0.2) is 0 Å². The topological polar surface area (TPSA) is 54.5 Å². The second-order valence-electron chi connectivity index (χ2n) is 9.18. The van der Waals surface area contributed by atoms with Crippen molar-refractivity contribution in [3.63, 3.8) is 0 Å². The van der Waals surface area contributed by atoms with Crippen LogP contribution in [-0.4, -0.2) is 59.9 Å². The summed E-state index contributed by atoms with van der Waals surface area (Å²) in [6.07, 6.45) is -6.39. The number of carbonyl (C=O) groups is 1. The van der Waals surface area contributed by atoms with E-state index in [1.54, 1.807) is 0 Å². The highest BCUT2D eigenvalue weighted by atomic mass is 32.1. The van der Waals surface area contributed by atoms with Gasteiger partial charge in [0.2, 0.25) is 5.91 Å². The normalized spacial score (nSPS) is 23.1. The predicted octanol–water partition coefficient (Wildman–Crippen LogP) is 5.28. The van der Waals surface area contributed by atoms with E-state index in [-0.39, 0.29) is 11.2 Å². The first-order chi connectivity index (χ1) is 15.9. The minimum Gasteiger partial charge on any atom is -0.457 e. The van der Waals surface area contributed by atoms with Crippen LogP contribution >= 0.6 is 11.3 Å². The molecule has 34 heavy (non-hydrogen) atoms. The maximum Gasteiger partial charge on any atom is 0.425 e. The Morgan fingerprint density at radius 3 is 2.47 bits per heavy atom. The third-order valence-corrected chi connectivity index (χ3v) is 7.57. The number of rotatable bonds is 8. The molecule has 5 nitrogen and oxygen atoms in total. The van der Waals surface area contributed by atoms with E-state index >= 15 is 0 Å². The monoisotopic (exact) mass is 515 g/mol. The largest absolute Gasteiger partial charge is 0.457 e. The van der Waals surface area contributed by atoms with E-state index in [0.29, 0.717) is 12.3 Å². The second kappa shape index (κ2) is 11.5. The zero-order valence-electron chi connectivity index (χ0n) is 19.1. The van der Waals surface area contributed by atoms with Gasteiger partial charge in [0.05, 0.1) is 12.1 Å². The van der Waals surface area contributed by atoms with Gasteiger partial charge in [0, 0.05) is 36.9 Å². The molecule has 1 aliphatic carbocycles. The summed E-state index contributed by atoms with van der Waals surface area (Å²) in [5.74, 6) is -0.0181. The van der Waals surface area contributed by atoms with Gasteiger partial charge in [0.15, 0.2) is 6.10 Å². The lowest BCUT2D eigenvalue weighted by Crippen LogP contribution is -2.38. The van der Waals surface area contributed by atoms with Crippen LogP contribution in [0.3, 0.4) is 0 Å². The number of fused-ring (bicyclic) bond motifs is 1. The van der Waals surface area contributed by atoms with Gasteiger partial charge in [0.25, 0.3) is 5.19 Å². The van der Waals surface area contributed by atoms with E-state index < -0.39 is 37.2 Å². The molecule has 12 heteroatoms. The van der Waals surface area contributed by atoms with Crippen molar-refractivity contribution in [1.82, 2.24) is 15.2 Å². The summed E-state index contributed by atoms with van der Waals surface area (Å²) in [5.41, 5.74) is 0.818. The first-order valence-corrected chi connectivity index (χ1v) is 12.5. The molecule has 1 aromatic heterocycles. The molecular formula is C22H31F6N3O2S. The molecule has 1 aliphatic heterocycles. The highest BCUT2D eigenvalue weighted by Crippen LogP contribution is 2.32. The Bertz CT molecular complexity index is 780. The lowest BCUT2D eigenvalue weighted by Gasteiger charge is -2.30. The van der Waals surface area contributed by atoms with Crippen molar-refractivity contribution in [2.24, 2.45) is 5.92 Å². The highest BCUT2D eigenvalue weighted by Gasteiger charge is 2.39. The highest BCUT2D eigenvalue weighted by molar-refractivity contribution is 7.13. The average Bonchev–Trinajstić information content (AvgIpc) is 3.03. The van der Waals surface area contributed by atoms with Gasteiger partial charge in [-0.15, -0.1) is 0 Å². The van der Waals surface area contributed by atoms with Gasteiger partial charge < -0.3 is 15.0 Å². The van der Waals surface area contributed by atoms with E-state index in [1.807, 2.05) is 0 Å². The molecular weight excluding hydrogens is 484 g/mol. The van der Waals surface area contributed by atoms with Crippen LogP contribution in [0.2, 0.25) is 0 Å². The fraction of sp³-hybridized carbons (Fsp3) is 0.818. The molecule has 0 spiro atoms. The number of hydrogen-bond donors (Lipinski definition) is 1. The minimum absolute atomic E-state index is 0.0475. The third kappa shape index (κ3) is 8.58. The second-order valence-corrected chi connectivity index (χ2v) is 10.2. The number of aromatic nitrogens is 1. The molecule has 1 aromatic rings. The fourth-order valence-corrected chi connectivity index (χ4v) is 5.41. The first kappa shape index (κ1) is 27.0. The lowest BCUT2D eigenvalue weighted by atomic mass is 9.84. The summed E-state index contributed by atoms with van der Waals surface area (Å²) in [5, 5.41) is 2.80. The van der Waals surface area contributed by atoms with Crippen molar-refractivity contribution in [3.8, 4) is 5.19 Å². The van der Waals surface area contributed by atoms with Gasteiger partial charge >= 0.3 is 12.4 Å². The van der Waals surface area contributed by atoms with Crippen molar-refractivity contribution in [2.45, 2.75) is 89.2 Å². The Kier molecular flexibility index (Phi) is 9.10. The molecule has 0 saturated heterocycles. The van der Waals surface area contributed by atoms with Gasteiger partial charge in [-0.05, 0) is 57.9 Å². The summed E-state index contributed by atoms with van der Waals surface area (Å²) in [6.45, 7) is 3.49. The van der Waals surface area contributed by atoms with Gasteiger partial charge in [-0.1, -0.05) is 11.3 Å². The van der Waals surface area contributed by atoms with Gasteiger partial charge in [0.1, 0.15) is 0 Å². The van der Waals surface area contributed by atoms with Crippen molar-refractivity contribution < 1.29 is 35.9 Å². The molecule has 0 aromatic carbocycles. The van der Waals surface area contributed by atoms with Crippen molar-refractivity contribution >= 4 is 17.2 Å². The molecule has 1 saturated carbocycles. The summed E-state index contributed by atoms with van der Waals surface area (Å²) >= 11 is 1.19. The lowest BCUT2D eigenvalue weighted by molar-refractivity contribution is -0.189. The Morgan fingerprint density at radius 2 is 1.82 bits per heavy atom. The Labute approximate surface area is 199 Å². The van der Waals surface area contributed by atoms with Crippen LogP contribution < -0.4 is 10.1 Å². The zero-order valence-corrected chi connectivity index (χ0v) is 19.9. The maximum absolute atomic E-state index is 12.7. The number of nitrogens with one attached hydrogen (secondary N) is 1. The average molecular weight is 516 g/mol. The summed E-state index contributed by atoms with van der Waals surface area (Å²) in [6, 6.07) is -0.0475. The molecule has 2 aliphatic rings. The number of alkyl halides is 6. The van der Waals surface area contributed by atoms with Crippen LogP contribution in [0.4, 0.5) is 26.3 Å². The van der Waals surface area contributed by atoms with Crippen molar-refractivity contribution in [1.29, 1.82) is 0 Å². The molecule has 194 valence electrons. The van der Waals surface area contributed by atoms with Crippen molar-refractivity contribution in [3.05, 3.63) is 10.6 Å². The zero-order chi connectivity index (χ0) is 24.9. The summed E-state index contributed by atoms with van der Waals surface area (Å²) < 4.78 is 79.8. The van der Waals surface area contributed by atoms with E-state index in [4.69, 9.17) is 4.74 Å². The Hall–Kier alpha value is -1.56. The SMILES string of the molecule is CC(Oc1nc2c(s1)CCN(CC[C@H]1CC[C@H](NC(=O)CCC(F)(F)F)CC1)CC2)C(F)(F)F. The molecule has 1 amide bonds. The van der Waals surface area contributed by atoms with E-state index in [0.717, 1.165) is 75.7 Å². The van der Waals surface area contributed by atoms with Crippen LogP contribution in [0.1, 0.15) is 62.4 Å². The third-order valence-electron chi connectivity index (χ3n) is 6.52. The van der Waals surface area contributed by atoms with E-state index in [1.165, 1.54) is 11.3 Å². The Morgan fingerprint density at radius 1 is 1.15 bits per heavy atom. The molecule has 1 atom stereocenters. The smallest absolute Gasteiger partial charge is 0.425 e. The van der Waals surface area contributed by atoms with Crippen molar-refractivity contribution in [2.75, 3.05) is 19.6 Å². The van der Waals surface area contributed by atoms with Gasteiger partial charge in [-0.2, -0.15) is 26.3 Å². The summed E-state index contributed by atoms with van der Waals surface area (Å²) in [7, 11) is 0. The molecule has 3 rings (SSSR count). The number of halogens is 6. The molecule has 1 N–H and O–H groups in total. The number of amides is 1. The number of hydrogen-bond acceptors (Lipinski definition) is 5. The number of ether oxygens (including phenoxy) is 1. The number of carbonyl (C=O) groups excluding carboxylic acids is 1. The molecule has 2 heterocycles. The molecule has 1 unspecified atom stereocenters. The predicted molar refractivity (Wildman–Crippen MR) is 116 cm³/mol. The molecule has 1 fully saturated rings. The molecule has 0 radical (unpaired) electrons. The molecule has 0 bridgehead atoms. The van der Waals surface area contributed by atoms with Crippen LogP contribution in [0.5, 0.6) is 5.19 Å². The minimum atomic E-state index is -4.42. The van der Waals surface area contributed by atoms with E-state index in [2.05, 4.69) is 15.2 Å².